The monoisotopic (exact) mass is 348 g/mol. The van der Waals surface area contributed by atoms with Gasteiger partial charge in [-0.25, -0.2) is 4.98 Å². The molecule has 0 atom stereocenters. The van der Waals surface area contributed by atoms with Crippen molar-refractivity contribution in [3.05, 3.63) is 50.4 Å². The van der Waals surface area contributed by atoms with E-state index >= 15 is 0 Å². The Balaban J connectivity index is 1.93. The molecule has 0 amide bonds. The molecule has 0 bridgehead atoms. The van der Waals surface area contributed by atoms with Crippen molar-refractivity contribution in [2.24, 2.45) is 7.05 Å². The van der Waals surface area contributed by atoms with Gasteiger partial charge in [-0.1, -0.05) is 12.1 Å². The number of imidazole rings is 1. The van der Waals surface area contributed by atoms with Gasteiger partial charge in [0, 0.05) is 7.05 Å². The summed E-state index contributed by atoms with van der Waals surface area (Å²) in [6.07, 6.45) is 0.331. The summed E-state index contributed by atoms with van der Waals surface area (Å²) in [6, 6.07) is 9.85. The van der Waals surface area contributed by atoms with Crippen LogP contribution in [0.4, 0.5) is 0 Å². The second-order valence-corrected chi connectivity index (χ2v) is 7.11. The first-order valence-corrected chi connectivity index (χ1v) is 7.86. The molecule has 0 N–H and O–H groups in total. The number of hydrogen-bond acceptors (Lipinski definition) is 3. The zero-order valence-electron chi connectivity index (χ0n) is 11.2. The van der Waals surface area contributed by atoms with Crippen LogP contribution in [0.15, 0.2) is 34.1 Å². The predicted octanol–water partition coefficient (Wildman–Crippen LogP) is 4.13. The number of rotatable bonds is 3. The lowest BCUT2D eigenvalue weighted by molar-refractivity contribution is 0.0994. The van der Waals surface area contributed by atoms with Crippen molar-refractivity contribution >= 4 is 44.1 Å². The normalized spacial score (nSPS) is 11.2. The summed E-state index contributed by atoms with van der Waals surface area (Å²) < 4.78 is 3.01. The number of carbonyl (C=O) groups is 1. The number of aromatic nitrogens is 2. The van der Waals surface area contributed by atoms with Gasteiger partial charge < -0.3 is 4.57 Å². The lowest BCUT2D eigenvalue weighted by atomic mass is 10.2. The second-order valence-electron chi connectivity index (χ2n) is 4.74. The van der Waals surface area contributed by atoms with Crippen LogP contribution >= 0.6 is 27.3 Å². The predicted molar refractivity (Wildman–Crippen MR) is 85.5 cm³/mol. The van der Waals surface area contributed by atoms with E-state index in [1.54, 1.807) is 0 Å². The van der Waals surface area contributed by atoms with Crippen molar-refractivity contribution in [3.63, 3.8) is 0 Å². The standard InChI is InChI=1S/C15H13BrN2OS/c1-9-7-13(20-15(9)16)12(19)8-14-17-10-5-3-4-6-11(10)18(14)2/h3-7H,8H2,1-2H3. The van der Waals surface area contributed by atoms with Gasteiger partial charge in [0.25, 0.3) is 0 Å². The van der Waals surface area contributed by atoms with E-state index in [1.807, 2.05) is 48.9 Å². The van der Waals surface area contributed by atoms with Gasteiger partial charge in [0.15, 0.2) is 5.78 Å². The van der Waals surface area contributed by atoms with Gasteiger partial charge in [-0.2, -0.15) is 0 Å². The summed E-state index contributed by atoms with van der Waals surface area (Å²) in [5, 5.41) is 0. The van der Waals surface area contributed by atoms with Crippen LogP contribution in [0.3, 0.4) is 0 Å². The third-order valence-electron chi connectivity index (χ3n) is 3.33. The van der Waals surface area contributed by atoms with E-state index in [1.165, 1.54) is 11.3 Å². The Bertz CT molecular complexity index is 784. The van der Waals surface area contributed by atoms with E-state index in [4.69, 9.17) is 0 Å². The molecular formula is C15H13BrN2OS. The molecule has 0 aliphatic carbocycles. The molecule has 0 unspecified atom stereocenters. The van der Waals surface area contributed by atoms with Crippen molar-refractivity contribution in [2.75, 3.05) is 0 Å². The highest BCUT2D eigenvalue weighted by Gasteiger charge is 2.15. The maximum Gasteiger partial charge on any atom is 0.180 e. The SMILES string of the molecule is Cc1cc(C(=O)Cc2nc3ccccc3n2C)sc1Br. The molecule has 0 spiro atoms. The van der Waals surface area contributed by atoms with E-state index in [0.717, 1.165) is 31.1 Å². The number of benzene rings is 1. The number of carbonyl (C=O) groups excluding carboxylic acids is 1. The smallest absolute Gasteiger partial charge is 0.180 e. The van der Waals surface area contributed by atoms with Crippen LogP contribution < -0.4 is 0 Å². The van der Waals surface area contributed by atoms with E-state index in [2.05, 4.69) is 20.9 Å². The molecule has 3 aromatic rings. The van der Waals surface area contributed by atoms with Gasteiger partial charge in [-0.05, 0) is 46.6 Å². The average Bonchev–Trinajstić information content (AvgIpc) is 2.92. The molecular weight excluding hydrogens is 336 g/mol. The van der Waals surface area contributed by atoms with Crippen LogP contribution in [0.2, 0.25) is 0 Å². The number of aryl methyl sites for hydroxylation is 2. The third-order valence-corrected chi connectivity index (χ3v) is 5.51. The number of thiophene rings is 1. The largest absolute Gasteiger partial charge is 0.331 e. The molecule has 0 saturated heterocycles. The van der Waals surface area contributed by atoms with Crippen LogP contribution in [0.5, 0.6) is 0 Å². The highest BCUT2D eigenvalue weighted by atomic mass is 79.9. The fraction of sp³-hybridized carbons (Fsp3) is 0.200. The van der Waals surface area contributed by atoms with Crippen LogP contribution in [-0.4, -0.2) is 15.3 Å². The maximum absolute atomic E-state index is 12.3. The minimum atomic E-state index is 0.113. The fourth-order valence-corrected chi connectivity index (χ4v) is 3.65. The van der Waals surface area contributed by atoms with Gasteiger partial charge in [0.2, 0.25) is 0 Å². The molecule has 0 radical (unpaired) electrons. The molecule has 0 aliphatic heterocycles. The number of para-hydroxylation sites is 2. The van der Waals surface area contributed by atoms with Crippen molar-refractivity contribution in [3.8, 4) is 0 Å². The van der Waals surface area contributed by atoms with E-state index in [-0.39, 0.29) is 5.78 Å². The number of halogens is 1. The molecule has 5 heteroatoms. The maximum atomic E-state index is 12.3. The molecule has 0 fully saturated rings. The van der Waals surface area contributed by atoms with E-state index in [9.17, 15) is 4.79 Å². The first-order chi connectivity index (χ1) is 9.56. The number of ketones is 1. The third kappa shape index (κ3) is 2.31. The number of Topliss-reactive ketones (excluding diaryl/α,β-unsaturated/α-hetero) is 1. The number of hydrogen-bond donors (Lipinski definition) is 0. The molecule has 2 heterocycles. The van der Waals surface area contributed by atoms with Crippen LogP contribution in [0, 0.1) is 6.92 Å². The van der Waals surface area contributed by atoms with E-state index < -0.39 is 0 Å². The van der Waals surface area contributed by atoms with Crippen LogP contribution in [-0.2, 0) is 13.5 Å². The lowest BCUT2D eigenvalue weighted by Crippen LogP contribution is -2.07. The Morgan fingerprint density at radius 3 is 2.80 bits per heavy atom. The fourth-order valence-electron chi connectivity index (χ4n) is 2.18. The lowest BCUT2D eigenvalue weighted by Gasteiger charge is -2.00. The number of nitrogens with zero attached hydrogens (tertiary/aromatic N) is 2. The summed E-state index contributed by atoms with van der Waals surface area (Å²) in [5.41, 5.74) is 3.09. The minimum absolute atomic E-state index is 0.113. The first kappa shape index (κ1) is 13.5. The Labute approximate surface area is 129 Å². The van der Waals surface area contributed by atoms with Crippen LogP contribution in [0.1, 0.15) is 21.1 Å². The Morgan fingerprint density at radius 2 is 2.15 bits per heavy atom. The molecule has 3 nitrogen and oxygen atoms in total. The quantitative estimate of drug-likeness (QED) is 0.667. The van der Waals surface area contributed by atoms with Gasteiger partial charge in [-0.15, -0.1) is 11.3 Å². The topological polar surface area (TPSA) is 34.9 Å². The minimum Gasteiger partial charge on any atom is -0.331 e. The summed E-state index contributed by atoms with van der Waals surface area (Å²) >= 11 is 4.94. The van der Waals surface area contributed by atoms with Crippen molar-refractivity contribution in [1.29, 1.82) is 0 Å². The van der Waals surface area contributed by atoms with Gasteiger partial charge in [-0.3, -0.25) is 4.79 Å². The van der Waals surface area contributed by atoms with Gasteiger partial charge in [0.1, 0.15) is 5.82 Å². The first-order valence-electron chi connectivity index (χ1n) is 6.25. The summed E-state index contributed by atoms with van der Waals surface area (Å²) in [4.78, 5) is 17.7. The highest BCUT2D eigenvalue weighted by Crippen LogP contribution is 2.28. The number of fused-ring (bicyclic) bond motifs is 1. The zero-order chi connectivity index (χ0) is 14.3. The van der Waals surface area contributed by atoms with Gasteiger partial charge in [0.05, 0.1) is 26.1 Å². The molecule has 20 heavy (non-hydrogen) atoms. The molecule has 0 aliphatic rings. The highest BCUT2D eigenvalue weighted by molar-refractivity contribution is 9.11. The Hall–Kier alpha value is -1.46. The molecule has 102 valence electrons. The summed E-state index contributed by atoms with van der Waals surface area (Å²) in [6.45, 7) is 1.99. The summed E-state index contributed by atoms with van der Waals surface area (Å²) in [7, 11) is 1.95. The Kier molecular flexibility index (Phi) is 3.48. The zero-order valence-corrected chi connectivity index (χ0v) is 13.6. The molecule has 2 aromatic heterocycles. The van der Waals surface area contributed by atoms with Crippen molar-refractivity contribution in [2.45, 2.75) is 13.3 Å². The van der Waals surface area contributed by atoms with Gasteiger partial charge >= 0.3 is 0 Å². The van der Waals surface area contributed by atoms with E-state index in [0.29, 0.717) is 6.42 Å². The Morgan fingerprint density at radius 1 is 1.40 bits per heavy atom. The van der Waals surface area contributed by atoms with Crippen molar-refractivity contribution < 1.29 is 4.79 Å². The molecule has 0 saturated carbocycles. The average molecular weight is 349 g/mol. The molecule has 3 rings (SSSR count). The van der Waals surface area contributed by atoms with Crippen molar-refractivity contribution in [1.82, 2.24) is 9.55 Å². The van der Waals surface area contributed by atoms with Crippen LogP contribution in [0.25, 0.3) is 11.0 Å². The molecule has 1 aromatic carbocycles. The summed E-state index contributed by atoms with van der Waals surface area (Å²) in [5.74, 6) is 0.917. The second kappa shape index (κ2) is 5.14.